The van der Waals surface area contributed by atoms with Crippen molar-refractivity contribution in [2.45, 2.75) is 68.0 Å². The van der Waals surface area contributed by atoms with Crippen LogP contribution in [0.25, 0.3) is 0 Å². The first-order valence-electron chi connectivity index (χ1n) is 11.9. The largest absolute Gasteiger partial charge is 1.00 e. The minimum atomic E-state index is -5.99. The number of H-pyrrole nitrogens is 1. The predicted octanol–water partition coefficient (Wildman–Crippen LogP) is -11.5. The zero-order chi connectivity index (χ0) is 31.4. The Morgan fingerprint density at radius 2 is 1.70 bits per heavy atom. The summed E-state index contributed by atoms with van der Waals surface area (Å²) in [7, 11) is -11.9. The van der Waals surface area contributed by atoms with Crippen LogP contribution in [0.15, 0.2) is 21.9 Å². The van der Waals surface area contributed by atoms with E-state index in [0.29, 0.717) is 4.57 Å². The smallest absolute Gasteiger partial charge is 0.756 e. The molecule has 1 amide bonds. The Hall–Kier alpha value is -0.310. The fraction of sp³-hybridized carbons (Fsp3) is 0.650. The van der Waals surface area contributed by atoms with Gasteiger partial charge in [0.2, 0.25) is 5.91 Å². The summed E-state index contributed by atoms with van der Waals surface area (Å²) in [6.45, 7) is -2.09. The first-order valence-corrected chi connectivity index (χ1v) is 14.9. The molecule has 0 bridgehead atoms. The van der Waals surface area contributed by atoms with Gasteiger partial charge in [0.15, 0.2) is 12.5 Å². The summed E-state index contributed by atoms with van der Waals surface area (Å²) in [5, 5.41) is 52.3. The molecule has 2 saturated heterocycles. The van der Waals surface area contributed by atoms with Crippen molar-refractivity contribution in [3.63, 3.8) is 0 Å². The van der Waals surface area contributed by atoms with Gasteiger partial charge in [0.25, 0.3) is 21.2 Å². The van der Waals surface area contributed by atoms with Gasteiger partial charge >= 0.3 is 64.8 Å². The average molecular weight is 689 g/mol. The topological polar surface area (TPSA) is 312 Å². The summed E-state index contributed by atoms with van der Waals surface area (Å²) in [6.07, 6.45) is -8.93. The van der Waals surface area contributed by atoms with Gasteiger partial charge in [0.1, 0.15) is 42.7 Å². The maximum Gasteiger partial charge on any atom is 1.00 e. The van der Waals surface area contributed by atoms with E-state index in [9.17, 15) is 58.8 Å². The summed E-state index contributed by atoms with van der Waals surface area (Å²) in [5.41, 5.74) is -1.80. The van der Waals surface area contributed by atoms with Crippen molar-refractivity contribution in [3.05, 3.63) is 33.1 Å². The molecule has 2 fully saturated rings. The summed E-state index contributed by atoms with van der Waals surface area (Å²) in [6, 6.07) is -0.909. The molecule has 11 atom stereocenters. The average Bonchev–Trinajstić information content (AvgIpc) is 3.18. The molecule has 3 rings (SSSR count). The molecular formula is C20H27N3Na2O17P2. The first-order chi connectivity index (χ1) is 19.6. The van der Waals surface area contributed by atoms with Crippen LogP contribution in [-0.4, -0.2) is 103 Å². The van der Waals surface area contributed by atoms with Gasteiger partial charge in [0, 0.05) is 25.1 Å². The summed E-state index contributed by atoms with van der Waals surface area (Å²) in [5.74, 6) is 1.34. The minimum Gasteiger partial charge on any atom is -0.756 e. The van der Waals surface area contributed by atoms with E-state index < -0.39 is 101 Å². The van der Waals surface area contributed by atoms with Gasteiger partial charge in [-0.2, -0.15) is 0 Å². The van der Waals surface area contributed by atoms with E-state index in [2.05, 4.69) is 24.6 Å². The molecule has 1 aromatic rings. The number of hydrogen-bond acceptors (Lipinski definition) is 17. The van der Waals surface area contributed by atoms with Crippen molar-refractivity contribution < 1.29 is 131 Å². The van der Waals surface area contributed by atoms with Crippen LogP contribution >= 0.6 is 15.6 Å². The molecule has 20 nitrogen and oxygen atoms in total. The van der Waals surface area contributed by atoms with Gasteiger partial charge < -0.3 is 54.6 Å². The number of hydrogen-bond donors (Lipinski definition) is 7. The Kier molecular flexibility index (Phi) is 16.8. The molecule has 0 aliphatic carbocycles. The van der Waals surface area contributed by atoms with Crippen LogP contribution in [0, 0.1) is 12.3 Å². The Balaban J connectivity index is 0.00000484. The second-order valence-corrected chi connectivity index (χ2v) is 11.9. The number of nitrogens with zero attached hydrogens (tertiary/aromatic N) is 1. The number of ether oxygens (including phenoxy) is 2. The molecule has 2 unspecified atom stereocenters. The summed E-state index contributed by atoms with van der Waals surface area (Å²) in [4.78, 5) is 61.9. The molecule has 2 aliphatic rings. The zero-order valence-corrected chi connectivity index (χ0v) is 29.0. The molecule has 0 aromatic carbocycles. The molecule has 0 radical (unpaired) electrons. The molecule has 24 heteroatoms. The van der Waals surface area contributed by atoms with Crippen LogP contribution in [0.1, 0.15) is 19.1 Å². The molecule has 3 heterocycles. The quantitative estimate of drug-likeness (QED) is 0.0609. The number of phosphoric acid groups is 2. The van der Waals surface area contributed by atoms with E-state index in [4.69, 9.17) is 15.9 Å². The van der Waals surface area contributed by atoms with Gasteiger partial charge in [-0.3, -0.25) is 32.8 Å². The fourth-order valence-electron chi connectivity index (χ4n) is 3.95. The SMILES string of the molecule is C#CCCC(=O)N[C@H]1[C@@H](OP(=O)([O-])OP(=O)([O-])OC[C@H]2O[C@@H](n3ccc(=O)[nH]c3=O)[C@H](O)[C@@H]2O)O[C@H](CO)[C@@H](O)[C@@H]1O.[Na+].[Na+]. The van der Waals surface area contributed by atoms with Crippen LogP contribution in [0.3, 0.4) is 0 Å². The van der Waals surface area contributed by atoms with Crippen LogP contribution in [0.2, 0.25) is 0 Å². The Labute approximate surface area is 292 Å². The predicted molar refractivity (Wildman–Crippen MR) is 128 cm³/mol. The Morgan fingerprint density at radius 1 is 1.07 bits per heavy atom. The van der Waals surface area contributed by atoms with Crippen LogP contribution in [0.5, 0.6) is 0 Å². The molecule has 44 heavy (non-hydrogen) atoms. The van der Waals surface area contributed by atoms with Crippen molar-refractivity contribution in [2.75, 3.05) is 13.2 Å². The number of aromatic amines is 1. The number of aromatic nitrogens is 2. The molecule has 7 N–H and O–H groups in total. The van der Waals surface area contributed by atoms with Gasteiger partial charge in [-0.1, -0.05) is 0 Å². The molecule has 1 aromatic heterocycles. The van der Waals surface area contributed by atoms with E-state index in [1.165, 1.54) is 0 Å². The van der Waals surface area contributed by atoms with Crippen LogP contribution in [-0.2, 0) is 36.8 Å². The monoisotopic (exact) mass is 689 g/mol. The van der Waals surface area contributed by atoms with Gasteiger partial charge in [-0.25, -0.2) is 9.11 Å². The number of carbonyl (C=O) groups is 1. The summed E-state index contributed by atoms with van der Waals surface area (Å²) < 4.78 is 48.7. The second-order valence-electron chi connectivity index (χ2n) is 8.95. The number of nitrogens with one attached hydrogen (secondary N) is 2. The van der Waals surface area contributed by atoms with Crippen molar-refractivity contribution in [1.29, 1.82) is 0 Å². The standard InChI is InChI=1S/C20H29N3O17P2.2Na/c1-2-3-4-11(25)21-13-16(29)14(27)9(7-24)38-19(13)39-42(34,35)40-41(32,33)36-8-10-15(28)17(30)18(37-10)23-6-5-12(26)22-20(23)31;;/h1,5-6,9-10,13-19,24,27-30H,3-4,7-8H2,(H,21,25)(H,32,33)(H,34,35)(H,22,26,31);;/q;2*+1/p-2/t9-,10-,13-,14-,15-,16-,17-,18-,19-;;/m1../s1. The molecular weight excluding hydrogens is 662 g/mol. The summed E-state index contributed by atoms with van der Waals surface area (Å²) >= 11 is 0. The third-order valence-electron chi connectivity index (χ3n) is 6.00. The molecule has 0 saturated carbocycles. The van der Waals surface area contributed by atoms with E-state index in [-0.39, 0.29) is 72.0 Å². The van der Waals surface area contributed by atoms with Gasteiger partial charge in [0.05, 0.1) is 13.2 Å². The zero-order valence-electron chi connectivity index (χ0n) is 23.2. The second kappa shape index (κ2) is 17.7. The maximum absolute atomic E-state index is 12.4. The van der Waals surface area contributed by atoms with Crippen molar-refractivity contribution >= 4 is 21.6 Å². The Bertz CT molecular complexity index is 1370. The van der Waals surface area contributed by atoms with E-state index in [1.54, 1.807) is 0 Å². The third kappa shape index (κ3) is 10.9. The number of aliphatic hydroxyl groups excluding tert-OH is 5. The van der Waals surface area contributed by atoms with E-state index in [1.807, 2.05) is 4.98 Å². The molecule has 236 valence electrons. The first kappa shape index (κ1) is 41.7. The maximum atomic E-state index is 12.4. The van der Waals surface area contributed by atoms with Crippen molar-refractivity contribution in [2.24, 2.45) is 0 Å². The number of aliphatic hydroxyl groups is 5. The van der Waals surface area contributed by atoms with E-state index >= 15 is 0 Å². The molecule has 2 aliphatic heterocycles. The number of rotatable bonds is 12. The van der Waals surface area contributed by atoms with Crippen LogP contribution in [0.4, 0.5) is 0 Å². The minimum absolute atomic E-state index is 0. The third-order valence-corrected chi connectivity index (χ3v) is 8.53. The Morgan fingerprint density at radius 3 is 2.30 bits per heavy atom. The number of amides is 1. The molecule has 0 spiro atoms. The number of phosphoric ester groups is 2. The van der Waals surface area contributed by atoms with Gasteiger partial charge in [-0.15, -0.1) is 12.3 Å². The van der Waals surface area contributed by atoms with Gasteiger partial charge in [-0.05, 0) is 0 Å². The van der Waals surface area contributed by atoms with E-state index in [0.717, 1.165) is 12.3 Å². The van der Waals surface area contributed by atoms with Crippen LogP contribution < -0.4 is 85.5 Å². The fourth-order valence-corrected chi connectivity index (χ4v) is 6.04. The normalized spacial score (nSPS) is 32.6. The van der Waals surface area contributed by atoms with Crippen molar-refractivity contribution in [3.8, 4) is 12.3 Å². The van der Waals surface area contributed by atoms with Crippen molar-refractivity contribution in [1.82, 2.24) is 14.9 Å². The number of terminal acetylenes is 1. The number of carbonyl (C=O) groups excluding carboxylic acids is 1.